The van der Waals surface area contributed by atoms with Gasteiger partial charge in [0.05, 0.1) is 11.1 Å². The quantitative estimate of drug-likeness (QED) is 0.296. The minimum absolute atomic E-state index is 0.105. The number of likely N-dealkylation sites (N-methyl/N-ethyl adjacent to an activating group) is 1. The van der Waals surface area contributed by atoms with Crippen LogP contribution in [-0.4, -0.2) is 59.8 Å². The van der Waals surface area contributed by atoms with Crippen LogP contribution in [0.3, 0.4) is 0 Å². The van der Waals surface area contributed by atoms with Gasteiger partial charge in [0.1, 0.15) is 12.9 Å². The minimum atomic E-state index is -4.89. The largest absolute Gasteiger partial charge is 0.419 e. The average molecular weight is 579 g/mol. The molecule has 2 N–H and O–H groups in total. The number of nitrogens with zero attached hydrogens (tertiary/aromatic N) is 4. The van der Waals surface area contributed by atoms with Crippen LogP contribution < -0.4 is 21.0 Å². The minimum Gasteiger partial charge on any atom is -0.412 e. The van der Waals surface area contributed by atoms with E-state index in [1.165, 1.54) is 37.6 Å². The molecule has 2 heterocycles. The normalized spacial score (nSPS) is 11.6. The van der Waals surface area contributed by atoms with Crippen molar-refractivity contribution in [1.29, 1.82) is 0 Å². The van der Waals surface area contributed by atoms with Crippen LogP contribution in [-0.2, 0) is 6.18 Å². The van der Waals surface area contributed by atoms with Gasteiger partial charge in [0.15, 0.2) is 5.65 Å². The highest BCUT2D eigenvalue weighted by Crippen LogP contribution is 2.33. The Morgan fingerprint density at radius 1 is 1.12 bits per heavy atom. The molecular formula is C26H23ClF4N6O3. The smallest absolute Gasteiger partial charge is 0.412 e. The first-order valence-corrected chi connectivity index (χ1v) is 12.1. The molecule has 0 atom stereocenters. The number of halogens is 5. The number of rotatable bonds is 8. The van der Waals surface area contributed by atoms with E-state index >= 15 is 0 Å². The Morgan fingerprint density at radius 2 is 1.88 bits per heavy atom. The van der Waals surface area contributed by atoms with Crippen molar-refractivity contribution in [2.75, 3.05) is 44.9 Å². The van der Waals surface area contributed by atoms with E-state index < -0.39 is 29.0 Å². The average Bonchev–Trinajstić information content (AvgIpc) is 2.88. The summed E-state index contributed by atoms with van der Waals surface area (Å²) in [5.74, 6) is -2.14. The third-order valence-electron chi connectivity index (χ3n) is 5.78. The third kappa shape index (κ3) is 6.15. The fraction of sp³-hybridized carbons (Fsp3) is 0.231. The number of hydrogen-bond donors (Lipinski definition) is 2. The van der Waals surface area contributed by atoms with Gasteiger partial charge in [-0.05, 0) is 56.6 Å². The summed E-state index contributed by atoms with van der Waals surface area (Å²) in [6.45, 7) is 1.30. The number of fused-ring (bicyclic) bond motifs is 1. The second kappa shape index (κ2) is 11.5. The van der Waals surface area contributed by atoms with Crippen molar-refractivity contribution in [2.45, 2.75) is 6.18 Å². The lowest BCUT2D eigenvalue weighted by Gasteiger charge is -2.14. The molecule has 0 fully saturated rings. The number of hydrogen-bond acceptors (Lipinski definition) is 7. The Bertz CT molecular complexity index is 1640. The van der Waals surface area contributed by atoms with Crippen LogP contribution in [0.4, 0.5) is 29.2 Å². The van der Waals surface area contributed by atoms with Crippen molar-refractivity contribution >= 4 is 40.2 Å². The molecule has 0 unspecified atom stereocenters. The van der Waals surface area contributed by atoms with Crippen LogP contribution in [0.5, 0.6) is 0 Å². The van der Waals surface area contributed by atoms with Crippen molar-refractivity contribution < 1.29 is 27.2 Å². The Kier molecular flexibility index (Phi) is 8.26. The van der Waals surface area contributed by atoms with E-state index in [0.717, 1.165) is 17.3 Å². The lowest BCUT2D eigenvalue weighted by atomic mass is 10.0. The maximum atomic E-state index is 14.0. The summed E-state index contributed by atoms with van der Waals surface area (Å²) >= 11 is 6.39. The molecule has 0 saturated heterocycles. The van der Waals surface area contributed by atoms with Crippen molar-refractivity contribution in [1.82, 2.24) is 19.6 Å². The fourth-order valence-corrected chi connectivity index (χ4v) is 4.03. The number of carbonyl (C=O) groups is 1. The van der Waals surface area contributed by atoms with Gasteiger partial charge in [-0.25, -0.2) is 9.37 Å². The summed E-state index contributed by atoms with van der Waals surface area (Å²) in [5.41, 5.74) is -1.71. The predicted octanol–water partition coefficient (Wildman–Crippen LogP) is 4.55. The Hall–Kier alpha value is -4.23. The molecule has 14 heteroatoms. The lowest BCUT2D eigenvalue weighted by molar-refractivity contribution is -0.140. The summed E-state index contributed by atoms with van der Waals surface area (Å²) in [4.78, 5) is 42.0. The van der Waals surface area contributed by atoms with Crippen LogP contribution in [0.25, 0.3) is 22.2 Å². The highest BCUT2D eigenvalue weighted by molar-refractivity contribution is 6.33. The number of nitrogens with one attached hydrogen (secondary N) is 2. The maximum absolute atomic E-state index is 14.0. The number of pyridine rings is 1. The molecule has 2 aromatic carbocycles. The van der Waals surface area contributed by atoms with E-state index in [9.17, 15) is 27.2 Å². The third-order valence-corrected chi connectivity index (χ3v) is 6.11. The zero-order valence-corrected chi connectivity index (χ0v) is 22.2. The molecule has 0 aliphatic rings. The van der Waals surface area contributed by atoms with E-state index in [1.807, 2.05) is 19.0 Å². The van der Waals surface area contributed by atoms with Crippen LogP contribution >= 0.6 is 11.6 Å². The molecule has 2 aromatic heterocycles. The SMILES string of the molecule is COn1c(=O)c(-c2cc(NC(=O)c3ccc(C(F)(F)F)c(F)c3)ccc2Cl)cc2cnc(NCCN(C)C)nc21. The maximum Gasteiger partial charge on any atom is 0.419 e. The molecule has 4 rings (SSSR count). The molecular weight excluding hydrogens is 556 g/mol. The molecule has 210 valence electrons. The molecule has 40 heavy (non-hydrogen) atoms. The van der Waals surface area contributed by atoms with Crippen molar-refractivity contribution in [3.63, 3.8) is 0 Å². The zero-order chi connectivity index (χ0) is 29.2. The highest BCUT2D eigenvalue weighted by Gasteiger charge is 2.34. The molecule has 1 amide bonds. The molecule has 0 aliphatic carbocycles. The van der Waals surface area contributed by atoms with E-state index in [2.05, 4.69) is 20.6 Å². The van der Waals surface area contributed by atoms with Gasteiger partial charge in [-0.2, -0.15) is 18.2 Å². The lowest BCUT2D eigenvalue weighted by Crippen LogP contribution is -2.28. The summed E-state index contributed by atoms with van der Waals surface area (Å²) in [7, 11) is 5.15. The summed E-state index contributed by atoms with van der Waals surface area (Å²) in [6, 6.07) is 7.63. The molecule has 0 bridgehead atoms. The second-order valence-corrected chi connectivity index (χ2v) is 9.29. The monoisotopic (exact) mass is 578 g/mol. The van der Waals surface area contributed by atoms with Gasteiger partial charge in [0.25, 0.3) is 11.5 Å². The highest BCUT2D eigenvalue weighted by atomic mass is 35.5. The van der Waals surface area contributed by atoms with E-state index in [0.29, 0.717) is 30.0 Å². The van der Waals surface area contributed by atoms with E-state index in [4.69, 9.17) is 16.4 Å². The topological polar surface area (TPSA) is 101 Å². The van der Waals surface area contributed by atoms with Crippen molar-refractivity contribution in [3.05, 3.63) is 81.0 Å². The van der Waals surface area contributed by atoms with Gasteiger partial charge >= 0.3 is 6.18 Å². The molecule has 0 saturated carbocycles. The first kappa shape index (κ1) is 28.8. The van der Waals surface area contributed by atoms with E-state index in [1.54, 1.807) is 0 Å². The second-order valence-electron chi connectivity index (χ2n) is 8.88. The number of benzene rings is 2. The van der Waals surface area contributed by atoms with Crippen molar-refractivity contribution in [3.8, 4) is 11.1 Å². The standard InChI is InChI=1S/C26H23ClF4N6O3/c1-36(2)9-8-32-25-33-13-15-10-18(24(39)37(40-3)22(15)35-25)17-12-16(5-7-20(17)27)34-23(38)14-4-6-19(21(28)11-14)26(29,30)31/h4-7,10-13H,8-9H2,1-3H3,(H,34,38)(H,32,33,35). The van der Waals surface area contributed by atoms with Gasteiger partial charge in [-0.15, -0.1) is 4.73 Å². The van der Waals surface area contributed by atoms with Gasteiger partial charge in [-0.1, -0.05) is 11.6 Å². The number of carbonyl (C=O) groups excluding carboxylic acids is 1. The first-order valence-electron chi connectivity index (χ1n) is 11.7. The zero-order valence-electron chi connectivity index (χ0n) is 21.4. The summed E-state index contributed by atoms with van der Waals surface area (Å²) in [6.07, 6.45) is -3.38. The molecule has 9 nitrogen and oxygen atoms in total. The van der Waals surface area contributed by atoms with Gasteiger partial charge in [-0.3, -0.25) is 9.59 Å². The Balaban J connectivity index is 1.67. The van der Waals surface area contributed by atoms with Gasteiger partial charge < -0.3 is 20.4 Å². The van der Waals surface area contributed by atoms with Crippen LogP contribution in [0.1, 0.15) is 15.9 Å². The first-order chi connectivity index (χ1) is 18.9. The van der Waals surface area contributed by atoms with E-state index in [-0.39, 0.29) is 33.0 Å². The van der Waals surface area contributed by atoms with Gasteiger partial charge in [0, 0.05) is 46.5 Å². The van der Waals surface area contributed by atoms with Gasteiger partial charge in [0.2, 0.25) is 5.95 Å². The number of alkyl halides is 3. The molecule has 4 aromatic rings. The fourth-order valence-electron chi connectivity index (χ4n) is 3.81. The molecule has 0 aliphatic heterocycles. The number of aromatic nitrogens is 3. The number of amides is 1. The van der Waals surface area contributed by atoms with Crippen LogP contribution in [0.2, 0.25) is 5.02 Å². The number of anilines is 2. The van der Waals surface area contributed by atoms with Crippen LogP contribution in [0.15, 0.2) is 53.5 Å². The predicted molar refractivity (Wildman–Crippen MR) is 143 cm³/mol. The van der Waals surface area contributed by atoms with Crippen molar-refractivity contribution in [2.24, 2.45) is 0 Å². The molecule has 0 radical (unpaired) electrons. The Labute approximate surface area is 230 Å². The Morgan fingerprint density at radius 3 is 2.52 bits per heavy atom. The molecule has 0 spiro atoms. The summed E-state index contributed by atoms with van der Waals surface area (Å²) < 4.78 is 53.5. The van der Waals surface area contributed by atoms with Crippen LogP contribution in [0, 0.1) is 5.82 Å². The summed E-state index contributed by atoms with van der Waals surface area (Å²) in [5, 5.41) is 6.18.